The van der Waals surface area contributed by atoms with Crippen molar-refractivity contribution in [2.45, 2.75) is 6.42 Å². The largest absolute Gasteiger partial charge is 0.492 e. The van der Waals surface area contributed by atoms with E-state index in [1.54, 1.807) is 12.1 Å². The van der Waals surface area contributed by atoms with Gasteiger partial charge in [-0.2, -0.15) is 5.26 Å². The molecule has 1 fully saturated rings. The number of nitrogens with zero attached hydrogens (tertiary/aromatic N) is 3. The normalized spacial score (nSPS) is 16.2. The second kappa shape index (κ2) is 9.41. The summed E-state index contributed by atoms with van der Waals surface area (Å²) in [6, 6.07) is 10.1. The third-order valence-corrected chi connectivity index (χ3v) is 5.57. The maximum absolute atomic E-state index is 13.1. The molecule has 0 N–H and O–H groups in total. The predicted molar refractivity (Wildman–Crippen MR) is 112 cm³/mol. The van der Waals surface area contributed by atoms with Crippen molar-refractivity contribution in [2.75, 3.05) is 57.4 Å². The highest BCUT2D eigenvalue weighted by atomic mass is 35.5. The fourth-order valence-corrected chi connectivity index (χ4v) is 3.96. The van der Waals surface area contributed by atoms with Gasteiger partial charge in [-0.05, 0) is 36.8 Å². The number of ether oxygens (including phenoxy) is 3. The van der Waals surface area contributed by atoms with Gasteiger partial charge in [0.1, 0.15) is 30.8 Å². The van der Waals surface area contributed by atoms with E-state index in [2.05, 4.69) is 15.9 Å². The van der Waals surface area contributed by atoms with Crippen molar-refractivity contribution in [3.63, 3.8) is 0 Å². The molecule has 0 bridgehead atoms. The summed E-state index contributed by atoms with van der Waals surface area (Å²) in [6.07, 6.45) is 0.858. The third-order valence-electron chi connectivity index (χ3n) is 5.27. The van der Waals surface area contributed by atoms with Crippen molar-refractivity contribution in [2.24, 2.45) is 0 Å². The first kappa shape index (κ1) is 20.6. The summed E-state index contributed by atoms with van der Waals surface area (Å²) in [5.41, 5.74) is 1.49. The Balaban J connectivity index is 1.27. The van der Waals surface area contributed by atoms with Gasteiger partial charge in [-0.15, -0.1) is 0 Å². The number of hydrogen-bond acceptors (Lipinski definition) is 6. The molecule has 1 saturated heterocycles. The maximum atomic E-state index is 13.1. The van der Waals surface area contributed by atoms with E-state index in [-0.39, 0.29) is 5.82 Å². The lowest BCUT2D eigenvalue weighted by molar-refractivity contribution is 0.170. The van der Waals surface area contributed by atoms with Crippen LogP contribution in [0.1, 0.15) is 12.0 Å². The molecule has 2 aliphatic heterocycles. The van der Waals surface area contributed by atoms with Gasteiger partial charge in [0.15, 0.2) is 11.5 Å². The molecule has 2 aromatic carbocycles. The van der Waals surface area contributed by atoms with E-state index < -0.39 is 0 Å². The first-order valence-electron chi connectivity index (χ1n) is 10.0. The van der Waals surface area contributed by atoms with E-state index >= 15 is 0 Å². The molecule has 0 unspecified atom stereocenters. The highest BCUT2D eigenvalue weighted by Gasteiger charge is 2.25. The predicted octanol–water partition coefficient (Wildman–Crippen LogP) is 3.71. The Morgan fingerprint density at radius 3 is 2.57 bits per heavy atom. The van der Waals surface area contributed by atoms with Crippen molar-refractivity contribution >= 4 is 17.3 Å². The fourth-order valence-electron chi connectivity index (χ4n) is 3.73. The van der Waals surface area contributed by atoms with Crippen LogP contribution in [-0.2, 0) is 0 Å². The molecule has 0 aromatic heterocycles. The summed E-state index contributed by atoms with van der Waals surface area (Å²) in [5.74, 6) is 1.38. The second-order valence-electron chi connectivity index (χ2n) is 7.20. The number of anilines is 1. The number of hydrogen-bond donors (Lipinski definition) is 0. The molecule has 0 radical (unpaired) electrons. The van der Waals surface area contributed by atoms with Crippen LogP contribution < -0.4 is 19.1 Å². The van der Waals surface area contributed by atoms with E-state index in [4.69, 9.17) is 25.8 Å². The van der Waals surface area contributed by atoms with Gasteiger partial charge in [-0.3, -0.25) is 4.90 Å². The zero-order chi connectivity index (χ0) is 20.9. The van der Waals surface area contributed by atoms with E-state index in [9.17, 15) is 9.65 Å². The van der Waals surface area contributed by atoms with E-state index in [0.717, 1.165) is 44.8 Å². The fraction of sp³-hybridized carbons (Fsp3) is 0.409. The van der Waals surface area contributed by atoms with Gasteiger partial charge in [0.05, 0.1) is 22.9 Å². The van der Waals surface area contributed by atoms with E-state index in [1.165, 1.54) is 12.1 Å². The minimum atomic E-state index is -0.370. The van der Waals surface area contributed by atoms with Gasteiger partial charge in [0, 0.05) is 32.7 Å². The van der Waals surface area contributed by atoms with E-state index in [1.807, 2.05) is 6.07 Å². The number of fused-ring (bicyclic) bond motifs is 1. The van der Waals surface area contributed by atoms with Crippen LogP contribution in [0.3, 0.4) is 0 Å². The SMILES string of the molecule is N#Cc1ccc(N2CCN(CCCOc3ccc(F)cc3Cl)CC2)c2c1OCCO2. The zero-order valence-corrected chi connectivity index (χ0v) is 17.3. The molecule has 2 heterocycles. The smallest absolute Gasteiger partial charge is 0.186 e. The highest BCUT2D eigenvalue weighted by Crippen LogP contribution is 2.42. The van der Waals surface area contributed by atoms with Gasteiger partial charge >= 0.3 is 0 Å². The Kier molecular flexibility index (Phi) is 6.46. The standard InChI is InChI=1S/C22H23ClFN3O3/c23-18-14-17(24)3-5-20(18)28-11-1-6-26-7-9-27(10-8-26)19-4-2-16(15-25)21-22(19)30-13-12-29-21/h2-5,14H,1,6-13H2. The molecule has 0 saturated carbocycles. The minimum Gasteiger partial charge on any atom is -0.492 e. The van der Waals surface area contributed by atoms with E-state index in [0.29, 0.717) is 47.7 Å². The van der Waals surface area contributed by atoms with Crippen molar-refractivity contribution < 1.29 is 18.6 Å². The van der Waals surface area contributed by atoms with Gasteiger partial charge in [-0.1, -0.05) is 11.6 Å². The number of benzene rings is 2. The Labute approximate surface area is 180 Å². The summed E-state index contributed by atoms with van der Waals surface area (Å²) < 4.78 is 30.3. The quantitative estimate of drug-likeness (QED) is 0.650. The maximum Gasteiger partial charge on any atom is 0.186 e. The topological polar surface area (TPSA) is 58.0 Å². The van der Waals surface area contributed by atoms with Crippen LogP contribution in [0, 0.1) is 17.1 Å². The lowest BCUT2D eigenvalue weighted by Crippen LogP contribution is -2.47. The molecule has 0 amide bonds. The average Bonchev–Trinajstić information content (AvgIpc) is 2.77. The van der Waals surface area contributed by atoms with Crippen molar-refractivity contribution in [1.29, 1.82) is 5.26 Å². The third kappa shape index (κ3) is 4.55. The minimum absolute atomic E-state index is 0.292. The van der Waals surface area contributed by atoms with Gasteiger partial charge in [-0.25, -0.2) is 4.39 Å². The van der Waals surface area contributed by atoms with Gasteiger partial charge in [0.2, 0.25) is 0 Å². The molecule has 30 heavy (non-hydrogen) atoms. The first-order valence-corrected chi connectivity index (χ1v) is 10.4. The lowest BCUT2D eigenvalue weighted by atomic mass is 10.1. The Morgan fingerprint density at radius 1 is 1.07 bits per heavy atom. The molecular formula is C22H23ClFN3O3. The van der Waals surface area contributed by atoms with Crippen LogP contribution in [0.25, 0.3) is 0 Å². The summed E-state index contributed by atoms with van der Waals surface area (Å²) in [4.78, 5) is 4.67. The molecule has 0 atom stereocenters. The van der Waals surface area contributed by atoms with Crippen LogP contribution in [0.15, 0.2) is 30.3 Å². The van der Waals surface area contributed by atoms with Crippen LogP contribution in [0.5, 0.6) is 17.2 Å². The van der Waals surface area contributed by atoms with Crippen molar-refractivity contribution in [3.8, 4) is 23.3 Å². The molecule has 4 rings (SSSR count). The highest BCUT2D eigenvalue weighted by molar-refractivity contribution is 6.32. The van der Waals surface area contributed by atoms with Crippen LogP contribution >= 0.6 is 11.6 Å². The summed E-state index contributed by atoms with van der Waals surface area (Å²) in [6.45, 7) is 5.98. The van der Waals surface area contributed by atoms with Gasteiger partial charge < -0.3 is 19.1 Å². The Hall–Kier alpha value is -2.69. The van der Waals surface area contributed by atoms with Gasteiger partial charge in [0.25, 0.3) is 0 Å². The second-order valence-corrected chi connectivity index (χ2v) is 7.61. The first-order chi connectivity index (χ1) is 14.7. The molecule has 2 aliphatic rings. The number of rotatable bonds is 6. The molecule has 158 valence electrons. The van der Waals surface area contributed by atoms with Crippen LogP contribution in [0.2, 0.25) is 5.02 Å². The van der Waals surface area contributed by atoms with Crippen LogP contribution in [0.4, 0.5) is 10.1 Å². The average molecular weight is 432 g/mol. The van der Waals surface area contributed by atoms with Crippen LogP contribution in [-0.4, -0.2) is 57.4 Å². The molecule has 2 aromatic rings. The summed E-state index contributed by atoms with van der Waals surface area (Å²) >= 11 is 5.98. The molecule has 0 aliphatic carbocycles. The molecule has 6 nitrogen and oxygen atoms in total. The number of nitriles is 1. The summed E-state index contributed by atoms with van der Waals surface area (Å²) in [7, 11) is 0. The Morgan fingerprint density at radius 2 is 1.83 bits per heavy atom. The number of piperazine rings is 1. The Bertz CT molecular complexity index is 942. The number of halogens is 2. The zero-order valence-electron chi connectivity index (χ0n) is 16.6. The lowest BCUT2D eigenvalue weighted by Gasteiger charge is -2.37. The van der Waals surface area contributed by atoms with Crippen molar-refractivity contribution in [3.05, 3.63) is 46.7 Å². The molecular weight excluding hydrogens is 409 g/mol. The van der Waals surface area contributed by atoms with Crippen molar-refractivity contribution in [1.82, 2.24) is 4.90 Å². The molecule has 0 spiro atoms. The molecule has 8 heteroatoms. The monoisotopic (exact) mass is 431 g/mol. The summed E-state index contributed by atoms with van der Waals surface area (Å²) in [5, 5.41) is 9.58.